The lowest BCUT2D eigenvalue weighted by atomic mass is 10.0. The molecule has 0 unspecified atom stereocenters. The third kappa shape index (κ3) is 4.06. The molecule has 0 atom stereocenters. The van der Waals surface area contributed by atoms with Crippen molar-refractivity contribution in [1.29, 1.82) is 0 Å². The van der Waals surface area contributed by atoms with Gasteiger partial charge in [-0.25, -0.2) is 4.98 Å². The first-order valence-corrected chi connectivity index (χ1v) is 10.7. The summed E-state index contributed by atoms with van der Waals surface area (Å²) in [6.07, 6.45) is 1.84. The normalized spacial score (nSPS) is 11.1. The van der Waals surface area contributed by atoms with Crippen molar-refractivity contribution in [2.24, 2.45) is 0 Å². The second kappa shape index (κ2) is 8.52. The van der Waals surface area contributed by atoms with Crippen LogP contribution >= 0.6 is 11.6 Å². The van der Waals surface area contributed by atoms with E-state index in [1.54, 1.807) is 4.90 Å². The molecule has 0 N–H and O–H groups in total. The molecule has 4 rings (SSSR count). The summed E-state index contributed by atoms with van der Waals surface area (Å²) in [6.45, 7) is 7.40. The summed E-state index contributed by atoms with van der Waals surface area (Å²) in [6, 6.07) is 15.4. The van der Waals surface area contributed by atoms with E-state index in [2.05, 4.69) is 12.0 Å². The molecule has 4 aromatic rings. The van der Waals surface area contributed by atoms with Crippen LogP contribution in [0.15, 0.2) is 54.7 Å². The van der Waals surface area contributed by atoms with Crippen molar-refractivity contribution in [2.75, 3.05) is 7.05 Å². The van der Waals surface area contributed by atoms with E-state index in [9.17, 15) is 4.79 Å². The molecule has 158 valence electrons. The van der Waals surface area contributed by atoms with Crippen LogP contribution in [0.2, 0.25) is 5.02 Å². The fourth-order valence-corrected chi connectivity index (χ4v) is 4.05. The van der Waals surface area contributed by atoms with Crippen molar-refractivity contribution in [1.82, 2.24) is 19.7 Å². The molecule has 0 aliphatic carbocycles. The number of hydrogen-bond donors (Lipinski definition) is 0. The fourth-order valence-electron chi connectivity index (χ4n) is 3.81. The lowest BCUT2D eigenvalue weighted by Crippen LogP contribution is -2.26. The number of benzene rings is 2. The minimum atomic E-state index is -0.0618. The number of carbonyl (C=O) groups excluding carboxylic acids is 1. The predicted molar refractivity (Wildman–Crippen MR) is 125 cm³/mol. The van der Waals surface area contributed by atoms with Crippen molar-refractivity contribution in [3.05, 3.63) is 82.1 Å². The van der Waals surface area contributed by atoms with E-state index < -0.39 is 0 Å². The van der Waals surface area contributed by atoms with Crippen molar-refractivity contribution in [3.63, 3.8) is 0 Å². The van der Waals surface area contributed by atoms with Gasteiger partial charge in [0.15, 0.2) is 0 Å². The Labute approximate surface area is 187 Å². The maximum atomic E-state index is 13.5. The van der Waals surface area contributed by atoms with Crippen LogP contribution in [0.3, 0.4) is 0 Å². The quantitative estimate of drug-likeness (QED) is 0.408. The van der Waals surface area contributed by atoms with E-state index >= 15 is 0 Å². The molecule has 2 aromatic carbocycles. The van der Waals surface area contributed by atoms with Gasteiger partial charge in [0.25, 0.3) is 5.91 Å². The molecular weight excluding hydrogens is 408 g/mol. The summed E-state index contributed by atoms with van der Waals surface area (Å²) in [5, 5.41) is 5.84. The smallest absolute Gasteiger partial charge is 0.254 e. The van der Waals surface area contributed by atoms with Crippen LogP contribution in [-0.4, -0.2) is 32.6 Å². The third-order valence-corrected chi connectivity index (χ3v) is 5.93. The molecule has 0 fully saturated rings. The number of carbonyl (C=O) groups is 1. The Morgan fingerprint density at radius 3 is 2.61 bits per heavy atom. The molecule has 0 aliphatic heterocycles. The van der Waals surface area contributed by atoms with Crippen LogP contribution in [-0.2, 0) is 13.1 Å². The number of aryl methyl sites for hydroxylation is 2. The molecule has 31 heavy (non-hydrogen) atoms. The Balaban J connectivity index is 1.78. The molecular formula is C25H25ClN4O. The van der Waals surface area contributed by atoms with Crippen molar-refractivity contribution in [2.45, 2.75) is 33.9 Å². The van der Waals surface area contributed by atoms with E-state index in [-0.39, 0.29) is 5.91 Å². The summed E-state index contributed by atoms with van der Waals surface area (Å²) in [4.78, 5) is 20.1. The zero-order valence-electron chi connectivity index (χ0n) is 18.2. The maximum Gasteiger partial charge on any atom is 0.254 e. The first kappa shape index (κ1) is 21.1. The molecule has 1 amide bonds. The molecule has 5 nitrogen and oxygen atoms in total. The highest BCUT2D eigenvalue weighted by atomic mass is 35.5. The first-order chi connectivity index (χ1) is 14.9. The third-order valence-electron chi connectivity index (χ3n) is 5.60. The van der Waals surface area contributed by atoms with Crippen molar-refractivity contribution < 1.29 is 4.79 Å². The van der Waals surface area contributed by atoms with Crippen LogP contribution in [0.5, 0.6) is 0 Å². The highest BCUT2D eigenvalue weighted by Crippen LogP contribution is 2.30. The highest BCUT2D eigenvalue weighted by molar-refractivity contribution is 6.33. The molecule has 0 spiro atoms. The number of aromatic nitrogens is 3. The molecule has 0 bridgehead atoms. The van der Waals surface area contributed by atoms with E-state index in [4.69, 9.17) is 16.6 Å². The zero-order chi connectivity index (χ0) is 22.1. The van der Waals surface area contributed by atoms with Crippen molar-refractivity contribution >= 4 is 28.4 Å². The van der Waals surface area contributed by atoms with Crippen LogP contribution in [0.4, 0.5) is 0 Å². The maximum absolute atomic E-state index is 13.5. The lowest BCUT2D eigenvalue weighted by molar-refractivity contribution is 0.0787. The summed E-state index contributed by atoms with van der Waals surface area (Å²) in [5.41, 5.74) is 6.10. The van der Waals surface area contributed by atoms with Gasteiger partial charge in [0, 0.05) is 47.4 Å². The van der Waals surface area contributed by atoms with Gasteiger partial charge in [0.05, 0.1) is 23.0 Å². The topological polar surface area (TPSA) is 51.0 Å². The van der Waals surface area contributed by atoms with Gasteiger partial charge in [-0.05, 0) is 44.5 Å². The SMILES string of the molecule is CCn1ncc(CN(C)C(=O)c2cc(-c3ccccc3Cl)nc3cc(C)ccc23)c1C. The van der Waals surface area contributed by atoms with Gasteiger partial charge in [0.1, 0.15) is 0 Å². The van der Waals surface area contributed by atoms with Crippen LogP contribution < -0.4 is 0 Å². The number of rotatable bonds is 5. The predicted octanol–water partition coefficient (Wildman–Crippen LogP) is 5.66. The zero-order valence-corrected chi connectivity index (χ0v) is 18.9. The molecule has 0 radical (unpaired) electrons. The highest BCUT2D eigenvalue weighted by Gasteiger charge is 2.20. The number of pyridine rings is 1. The molecule has 0 aliphatic rings. The molecule has 6 heteroatoms. The number of fused-ring (bicyclic) bond motifs is 1. The van der Waals surface area contributed by atoms with E-state index in [0.717, 1.165) is 39.8 Å². The molecule has 0 saturated carbocycles. The van der Waals surface area contributed by atoms with E-state index in [0.29, 0.717) is 22.8 Å². The number of amides is 1. The summed E-state index contributed by atoms with van der Waals surface area (Å²) in [7, 11) is 1.82. The fraction of sp³-hybridized carbons (Fsp3) is 0.240. The average Bonchev–Trinajstić information content (AvgIpc) is 3.11. The van der Waals surface area contributed by atoms with Gasteiger partial charge in [-0.2, -0.15) is 5.10 Å². The van der Waals surface area contributed by atoms with Gasteiger partial charge >= 0.3 is 0 Å². The summed E-state index contributed by atoms with van der Waals surface area (Å²) < 4.78 is 1.94. The van der Waals surface area contributed by atoms with Gasteiger partial charge in [-0.3, -0.25) is 9.48 Å². The Morgan fingerprint density at radius 2 is 1.90 bits per heavy atom. The molecule has 2 heterocycles. The minimum Gasteiger partial charge on any atom is -0.337 e. The van der Waals surface area contributed by atoms with Crippen LogP contribution in [0, 0.1) is 13.8 Å². The standard InChI is InChI=1S/C25H25ClN4O/c1-5-30-17(3)18(14-27-30)15-29(4)25(31)21-13-24(20-8-6-7-9-22(20)26)28-23-12-16(2)10-11-19(21)23/h6-14H,5,15H2,1-4H3. The average molecular weight is 433 g/mol. The van der Waals surface area contributed by atoms with Gasteiger partial charge in [-0.1, -0.05) is 41.9 Å². The van der Waals surface area contributed by atoms with Gasteiger partial charge < -0.3 is 4.90 Å². The second-order valence-electron chi connectivity index (χ2n) is 7.79. The number of hydrogen-bond acceptors (Lipinski definition) is 3. The van der Waals surface area contributed by atoms with Crippen molar-refractivity contribution in [3.8, 4) is 11.3 Å². The second-order valence-corrected chi connectivity index (χ2v) is 8.19. The Morgan fingerprint density at radius 1 is 1.13 bits per heavy atom. The Kier molecular flexibility index (Phi) is 5.79. The molecule has 0 saturated heterocycles. The Hall–Kier alpha value is -3.18. The lowest BCUT2D eigenvalue weighted by Gasteiger charge is -2.19. The van der Waals surface area contributed by atoms with E-state index in [1.165, 1.54) is 0 Å². The van der Waals surface area contributed by atoms with Crippen LogP contribution in [0.1, 0.15) is 34.1 Å². The number of nitrogens with zero attached hydrogens (tertiary/aromatic N) is 4. The largest absolute Gasteiger partial charge is 0.337 e. The first-order valence-electron chi connectivity index (χ1n) is 10.3. The Bertz CT molecular complexity index is 1280. The van der Waals surface area contributed by atoms with Crippen LogP contribution in [0.25, 0.3) is 22.2 Å². The summed E-state index contributed by atoms with van der Waals surface area (Å²) >= 11 is 6.43. The monoisotopic (exact) mass is 432 g/mol. The van der Waals surface area contributed by atoms with E-state index in [1.807, 2.05) is 80.3 Å². The molecule has 2 aromatic heterocycles. The summed E-state index contributed by atoms with van der Waals surface area (Å²) in [5.74, 6) is -0.0618. The minimum absolute atomic E-state index is 0.0618. The van der Waals surface area contributed by atoms with Gasteiger partial charge in [0.2, 0.25) is 0 Å². The number of halogens is 1. The van der Waals surface area contributed by atoms with Gasteiger partial charge in [-0.15, -0.1) is 0 Å².